The van der Waals surface area contributed by atoms with Crippen LogP contribution in [-0.2, 0) is 0 Å². The first kappa shape index (κ1) is 10.2. The van der Waals surface area contributed by atoms with Crippen molar-refractivity contribution in [1.82, 2.24) is 0 Å². The third kappa shape index (κ3) is 8.95. The molecule has 0 N–H and O–H groups in total. The van der Waals surface area contributed by atoms with Crippen LogP contribution in [0.1, 0.15) is 0 Å². The summed E-state index contributed by atoms with van der Waals surface area (Å²) in [6.07, 6.45) is 0. The van der Waals surface area contributed by atoms with Crippen LogP contribution < -0.4 is 0 Å². The van der Waals surface area contributed by atoms with Crippen LogP contribution in [0.25, 0.3) is 0 Å². The monoisotopic (exact) mass is 277 g/mol. The molecule has 0 saturated heterocycles. The Morgan fingerprint density at radius 3 is 1.25 bits per heavy atom. The predicted octanol–water partition coefficient (Wildman–Crippen LogP) is 0.617. The van der Waals surface area contributed by atoms with Crippen molar-refractivity contribution in [2.75, 3.05) is 0 Å². The Morgan fingerprint density at radius 1 is 1.25 bits per heavy atom. The van der Waals surface area contributed by atoms with Crippen molar-refractivity contribution >= 4 is 102 Å². The number of halogens is 2. The van der Waals surface area contributed by atoms with E-state index in [0.717, 1.165) is 0 Å². The van der Waals surface area contributed by atoms with Gasteiger partial charge >= 0.3 is 33.6 Å². The quantitative estimate of drug-likeness (QED) is 0.569. The van der Waals surface area contributed by atoms with Gasteiger partial charge in [0, 0.05) is 68.9 Å². The summed E-state index contributed by atoms with van der Waals surface area (Å²) in [5.74, 6) is 0. The number of hydrogen-bond donors (Lipinski definition) is 0. The molecule has 0 aliphatic rings. The van der Waals surface area contributed by atoms with Gasteiger partial charge < -0.3 is 0 Å². The molecular weight excluding hydrogens is 276 g/mol. The van der Waals surface area contributed by atoms with E-state index in [-0.39, 0.29) is 68.9 Å². The van der Waals surface area contributed by atoms with Gasteiger partial charge in [-0.3, -0.25) is 0 Å². The zero-order chi connectivity index (χ0) is 2.71. The molecule has 0 rings (SSSR count). The maximum absolute atomic E-state index is 4.89. The van der Waals surface area contributed by atoms with Crippen molar-refractivity contribution in [1.29, 1.82) is 0 Å². The van der Waals surface area contributed by atoms with Crippen molar-refractivity contribution < 1.29 is 0 Å². The standard InChI is InChI=1S/Cl2Ge.Cs/c1-3-2;. The summed E-state index contributed by atoms with van der Waals surface area (Å²) in [4.78, 5) is 0. The van der Waals surface area contributed by atoms with Crippen molar-refractivity contribution in [3.8, 4) is 0 Å². The molecule has 19 valence electrons. The van der Waals surface area contributed by atoms with Crippen molar-refractivity contribution in [2.45, 2.75) is 0 Å². The molecule has 0 bridgehead atoms. The first-order valence-corrected chi connectivity index (χ1v) is 5.89. The molecule has 0 unspecified atom stereocenters. The number of rotatable bonds is 0. The molecule has 0 nitrogen and oxygen atoms in total. The van der Waals surface area contributed by atoms with Crippen LogP contribution >= 0.6 is 20.0 Å². The van der Waals surface area contributed by atoms with Gasteiger partial charge in [0.05, 0.1) is 0 Å². The van der Waals surface area contributed by atoms with Gasteiger partial charge in [0.1, 0.15) is 0 Å². The molecule has 0 heterocycles. The van der Waals surface area contributed by atoms with Gasteiger partial charge in [0.2, 0.25) is 0 Å². The Hall–Kier alpha value is 3.17. The molecule has 0 aromatic rings. The topological polar surface area (TPSA) is 0 Å². The van der Waals surface area contributed by atoms with E-state index < -0.39 is 13.6 Å². The summed E-state index contributed by atoms with van der Waals surface area (Å²) in [5, 5.41) is 0. The average molecular weight is 276 g/mol. The van der Waals surface area contributed by atoms with Gasteiger partial charge in [0.25, 0.3) is 0 Å². The molecule has 0 aliphatic carbocycles. The molecule has 0 aromatic carbocycles. The molecule has 3 radical (unpaired) electrons. The molecule has 0 aliphatic heterocycles. The summed E-state index contributed by atoms with van der Waals surface area (Å²) in [6, 6.07) is 0. The van der Waals surface area contributed by atoms with Crippen LogP contribution in [-0.4, -0.2) is 82.5 Å². The number of hydrogen-bond acceptors (Lipinski definition) is 0. The molecule has 0 aromatic heterocycles. The van der Waals surface area contributed by atoms with Gasteiger partial charge in [-0.05, 0) is 0 Å². The summed E-state index contributed by atoms with van der Waals surface area (Å²) < 4.78 is 0. The molecule has 0 spiro atoms. The first-order valence-electron chi connectivity index (χ1n) is 0.378. The Morgan fingerprint density at radius 2 is 1.25 bits per heavy atom. The van der Waals surface area contributed by atoms with Crippen LogP contribution in [0.5, 0.6) is 0 Å². The molecular formula is Cl2CsGe. The average Bonchev–Trinajstić information content (AvgIpc) is 0.918. The van der Waals surface area contributed by atoms with E-state index >= 15 is 0 Å². The Labute approximate surface area is 99.3 Å². The van der Waals surface area contributed by atoms with Gasteiger partial charge in [-0.15, -0.1) is 0 Å². The minimum atomic E-state index is -0.556. The second-order valence-electron chi connectivity index (χ2n) is 0.0714. The van der Waals surface area contributed by atoms with E-state index in [0.29, 0.717) is 0 Å². The van der Waals surface area contributed by atoms with Crippen molar-refractivity contribution in [3.05, 3.63) is 0 Å². The van der Waals surface area contributed by atoms with Crippen molar-refractivity contribution in [2.24, 2.45) is 0 Å². The zero-order valence-electron chi connectivity index (χ0n) is 2.26. The van der Waals surface area contributed by atoms with E-state index in [2.05, 4.69) is 0 Å². The van der Waals surface area contributed by atoms with Crippen molar-refractivity contribution in [3.63, 3.8) is 0 Å². The normalized spacial score (nSPS) is 4.50. The maximum atomic E-state index is 4.89. The molecule has 4 heteroatoms. The minimum absolute atomic E-state index is 0. The fourth-order valence-electron chi connectivity index (χ4n) is 0. The molecule has 0 saturated carbocycles. The fourth-order valence-corrected chi connectivity index (χ4v) is 0. The third-order valence-electron chi connectivity index (χ3n) is 0. The molecule has 4 heavy (non-hydrogen) atoms. The van der Waals surface area contributed by atoms with E-state index in [4.69, 9.17) is 20.0 Å². The summed E-state index contributed by atoms with van der Waals surface area (Å²) in [5.41, 5.74) is 0. The fraction of sp³-hybridized carbons (Fsp3) is 0. The van der Waals surface area contributed by atoms with Gasteiger partial charge in [0.15, 0.2) is 0 Å². The Kier molecular flexibility index (Phi) is 24.2. The smallest absolute Gasteiger partial charge is 0 e. The van der Waals surface area contributed by atoms with Crippen LogP contribution in [0.15, 0.2) is 0 Å². The van der Waals surface area contributed by atoms with E-state index in [9.17, 15) is 0 Å². The Balaban J connectivity index is 0. The van der Waals surface area contributed by atoms with Crippen LogP contribution in [0.4, 0.5) is 0 Å². The van der Waals surface area contributed by atoms with Gasteiger partial charge in [-0.2, -0.15) is 0 Å². The summed E-state index contributed by atoms with van der Waals surface area (Å²) in [7, 11) is 9.78. The first-order chi connectivity index (χ1) is 1.41. The zero-order valence-corrected chi connectivity index (χ0v) is 12.1. The SMILES string of the molecule is [Cl][Ge][Cl].[Cs]. The molecule has 0 atom stereocenters. The van der Waals surface area contributed by atoms with E-state index in [1.807, 2.05) is 0 Å². The van der Waals surface area contributed by atoms with Gasteiger partial charge in [-0.1, -0.05) is 0 Å². The van der Waals surface area contributed by atoms with E-state index in [1.54, 1.807) is 0 Å². The minimum Gasteiger partial charge on any atom is 0 e. The van der Waals surface area contributed by atoms with Gasteiger partial charge in [-0.25, -0.2) is 0 Å². The maximum Gasteiger partial charge on any atom is 0 e. The van der Waals surface area contributed by atoms with Crippen LogP contribution in [0, 0.1) is 0 Å². The largest absolute Gasteiger partial charge is 0 e. The Bertz CT molecular complexity index is 6.00. The summed E-state index contributed by atoms with van der Waals surface area (Å²) in [6.45, 7) is 0. The van der Waals surface area contributed by atoms with Crippen LogP contribution in [0.3, 0.4) is 0 Å². The summed E-state index contributed by atoms with van der Waals surface area (Å²) >= 11 is -0.556. The van der Waals surface area contributed by atoms with E-state index in [1.165, 1.54) is 0 Å². The molecule has 0 amide bonds. The second-order valence-corrected chi connectivity index (χ2v) is 3.34. The molecule has 0 fully saturated rings. The van der Waals surface area contributed by atoms with Crippen LogP contribution in [0.2, 0.25) is 0 Å². The third-order valence-corrected chi connectivity index (χ3v) is 0. The predicted molar refractivity (Wildman–Crippen MR) is 23.2 cm³/mol. The second kappa shape index (κ2) is 9.49.